The molecule has 0 fully saturated rings. The van der Waals surface area contributed by atoms with Gasteiger partial charge in [0, 0.05) is 39.6 Å². The van der Waals surface area contributed by atoms with E-state index < -0.39 is 10.8 Å². The van der Waals surface area contributed by atoms with Crippen molar-refractivity contribution in [1.82, 2.24) is 0 Å². The lowest BCUT2D eigenvalue weighted by molar-refractivity contribution is -0.150. The van der Waals surface area contributed by atoms with E-state index in [9.17, 15) is 0 Å². The molecular weight excluding hydrogens is 616 g/mol. The third-order valence-corrected chi connectivity index (χ3v) is 6.72. The second-order valence-electron chi connectivity index (χ2n) is 11.0. The second kappa shape index (κ2) is 35.3. The Morgan fingerprint density at radius 2 is 0.362 bits per heavy atom. The van der Waals surface area contributed by atoms with Crippen molar-refractivity contribution < 1.29 is 61.6 Å². The molecule has 284 valence electrons. The lowest BCUT2D eigenvalue weighted by Gasteiger charge is -2.37. The molecule has 0 bridgehead atoms. The number of hydrogen-bond donors (Lipinski definition) is 0. The molecule has 0 unspecified atom stereocenters. The van der Waals surface area contributed by atoms with Crippen molar-refractivity contribution in [2.24, 2.45) is 10.8 Å². The molecular formula is C34H70O13. The Labute approximate surface area is 285 Å². The zero-order chi connectivity index (χ0) is 34.6. The molecule has 0 amide bonds. The predicted octanol–water partition coefficient (Wildman–Crippen LogP) is 3.29. The van der Waals surface area contributed by atoms with Gasteiger partial charge in [-0.15, -0.1) is 0 Å². The number of ether oxygens (including phenoxy) is 13. The van der Waals surface area contributed by atoms with Gasteiger partial charge in [0.1, 0.15) is 0 Å². The van der Waals surface area contributed by atoms with E-state index in [1.165, 1.54) is 0 Å². The molecule has 0 atom stereocenters. The summed E-state index contributed by atoms with van der Waals surface area (Å²) in [6, 6.07) is 0. The molecule has 0 saturated heterocycles. The van der Waals surface area contributed by atoms with Gasteiger partial charge < -0.3 is 61.6 Å². The van der Waals surface area contributed by atoms with Crippen molar-refractivity contribution >= 4 is 0 Å². The maximum absolute atomic E-state index is 6.57. The van der Waals surface area contributed by atoms with Crippen LogP contribution in [-0.2, 0) is 61.6 Å². The predicted molar refractivity (Wildman–Crippen MR) is 180 cm³/mol. The highest BCUT2D eigenvalue weighted by Gasteiger charge is 2.37. The quantitative estimate of drug-likeness (QED) is 0.0878. The van der Waals surface area contributed by atoms with Crippen molar-refractivity contribution in [3.63, 3.8) is 0 Å². The molecule has 0 spiro atoms. The second-order valence-corrected chi connectivity index (χ2v) is 11.0. The van der Waals surface area contributed by atoms with Gasteiger partial charge in [-0.05, 0) is 41.5 Å². The highest BCUT2D eigenvalue weighted by molar-refractivity contribution is 4.83. The van der Waals surface area contributed by atoms with Crippen molar-refractivity contribution in [2.75, 3.05) is 172 Å². The van der Waals surface area contributed by atoms with Crippen LogP contribution in [0.4, 0.5) is 0 Å². The van der Waals surface area contributed by atoms with E-state index in [1.54, 1.807) is 0 Å². The summed E-state index contributed by atoms with van der Waals surface area (Å²) in [4.78, 5) is 0. The normalized spacial score (nSPS) is 12.4. The van der Waals surface area contributed by atoms with Gasteiger partial charge in [-0.3, -0.25) is 0 Å². The largest absolute Gasteiger partial charge is 0.380 e. The summed E-state index contributed by atoms with van der Waals surface area (Å²) in [5.74, 6) is 0. The summed E-state index contributed by atoms with van der Waals surface area (Å²) in [6.07, 6.45) is 0. The molecule has 0 aromatic heterocycles. The first-order valence-corrected chi connectivity index (χ1v) is 17.6. The van der Waals surface area contributed by atoms with E-state index >= 15 is 0 Å². The Hall–Kier alpha value is -0.520. The zero-order valence-corrected chi connectivity index (χ0v) is 30.7. The maximum atomic E-state index is 6.57. The van der Waals surface area contributed by atoms with Crippen LogP contribution in [0.25, 0.3) is 0 Å². The Bertz CT molecular complexity index is 492. The molecule has 0 heterocycles. The van der Waals surface area contributed by atoms with Gasteiger partial charge in [0.15, 0.2) is 0 Å². The monoisotopic (exact) mass is 686 g/mol. The van der Waals surface area contributed by atoms with Gasteiger partial charge in [-0.2, -0.15) is 0 Å². The first-order valence-electron chi connectivity index (χ1n) is 17.6. The summed E-state index contributed by atoms with van der Waals surface area (Å²) in [5, 5.41) is 0. The summed E-state index contributed by atoms with van der Waals surface area (Å²) < 4.78 is 76.1. The highest BCUT2D eigenvalue weighted by Crippen LogP contribution is 2.25. The van der Waals surface area contributed by atoms with Gasteiger partial charge in [0.2, 0.25) is 0 Å². The fourth-order valence-electron chi connectivity index (χ4n) is 4.29. The smallest absolute Gasteiger partial charge is 0.0700 e. The van der Waals surface area contributed by atoms with Crippen LogP contribution >= 0.6 is 0 Å². The van der Waals surface area contributed by atoms with E-state index in [1.807, 2.05) is 41.5 Å². The third kappa shape index (κ3) is 27.9. The topological polar surface area (TPSA) is 120 Å². The molecule has 0 rings (SSSR count). The Balaban J connectivity index is 5.87. The van der Waals surface area contributed by atoms with E-state index in [0.29, 0.717) is 172 Å². The lowest BCUT2D eigenvalue weighted by atomic mass is 9.90. The SMILES string of the molecule is CCOCCOCC(COCCOCC)(COCCOCC)COCC(COCCOCC)(COCCOCC)COCCOCC. The first kappa shape index (κ1) is 46.5. The maximum Gasteiger partial charge on any atom is 0.0700 e. The molecule has 13 nitrogen and oxygen atoms in total. The molecule has 0 N–H and O–H groups in total. The minimum Gasteiger partial charge on any atom is -0.380 e. The average Bonchev–Trinajstić information content (AvgIpc) is 3.07. The van der Waals surface area contributed by atoms with Gasteiger partial charge in [0.25, 0.3) is 0 Å². The van der Waals surface area contributed by atoms with Crippen molar-refractivity contribution in [2.45, 2.75) is 41.5 Å². The standard InChI is InChI=1S/C34H70O13/c1-7-35-13-19-41-25-33(26-42-20-14-36-8-2,27-43-21-15-37-9-3)31-47-32-34(28-44-22-16-38-10-4,29-45-23-17-39-11-5)30-46-24-18-40-12-6/h7-32H2,1-6H3. The average molecular weight is 687 g/mol. The zero-order valence-electron chi connectivity index (χ0n) is 30.7. The van der Waals surface area contributed by atoms with Crippen molar-refractivity contribution in [3.8, 4) is 0 Å². The Morgan fingerprint density at radius 3 is 0.532 bits per heavy atom. The Kier molecular flexibility index (Phi) is 34.9. The minimum atomic E-state index is -0.599. The van der Waals surface area contributed by atoms with E-state index in [2.05, 4.69) is 0 Å². The summed E-state index contributed by atoms with van der Waals surface area (Å²) in [5.41, 5.74) is -1.20. The van der Waals surface area contributed by atoms with Crippen LogP contribution in [0.1, 0.15) is 41.5 Å². The molecule has 13 heteroatoms. The van der Waals surface area contributed by atoms with Crippen LogP contribution in [0.3, 0.4) is 0 Å². The van der Waals surface area contributed by atoms with Gasteiger partial charge in [0.05, 0.1) is 143 Å². The first-order chi connectivity index (χ1) is 23.1. The summed E-state index contributed by atoms with van der Waals surface area (Å²) >= 11 is 0. The van der Waals surface area contributed by atoms with Gasteiger partial charge in [-0.25, -0.2) is 0 Å². The summed E-state index contributed by atoms with van der Waals surface area (Å²) in [7, 11) is 0. The fourth-order valence-corrected chi connectivity index (χ4v) is 4.29. The van der Waals surface area contributed by atoms with Crippen molar-refractivity contribution in [1.29, 1.82) is 0 Å². The van der Waals surface area contributed by atoms with Crippen molar-refractivity contribution in [3.05, 3.63) is 0 Å². The molecule has 0 saturated carbocycles. The summed E-state index contributed by atoms with van der Waals surface area (Å²) in [6.45, 7) is 24.1. The minimum absolute atomic E-state index is 0.309. The highest BCUT2D eigenvalue weighted by atomic mass is 16.6. The molecule has 0 aliphatic carbocycles. The van der Waals surface area contributed by atoms with Crippen LogP contribution in [0.15, 0.2) is 0 Å². The van der Waals surface area contributed by atoms with Crippen LogP contribution in [-0.4, -0.2) is 172 Å². The molecule has 0 aliphatic heterocycles. The molecule has 0 aromatic carbocycles. The van der Waals surface area contributed by atoms with Crippen LogP contribution in [0.2, 0.25) is 0 Å². The van der Waals surface area contributed by atoms with Crippen LogP contribution < -0.4 is 0 Å². The number of hydrogen-bond acceptors (Lipinski definition) is 13. The van der Waals surface area contributed by atoms with E-state index in [4.69, 9.17) is 61.6 Å². The van der Waals surface area contributed by atoms with Gasteiger partial charge >= 0.3 is 0 Å². The molecule has 0 radical (unpaired) electrons. The fraction of sp³-hybridized carbons (Fsp3) is 1.00. The molecule has 0 aliphatic rings. The van der Waals surface area contributed by atoms with Crippen LogP contribution in [0.5, 0.6) is 0 Å². The molecule has 47 heavy (non-hydrogen) atoms. The van der Waals surface area contributed by atoms with Gasteiger partial charge in [-0.1, -0.05) is 0 Å². The third-order valence-electron chi connectivity index (χ3n) is 6.72. The molecule has 0 aromatic rings. The van der Waals surface area contributed by atoms with Crippen LogP contribution in [0, 0.1) is 10.8 Å². The Morgan fingerprint density at radius 1 is 0.213 bits per heavy atom. The van der Waals surface area contributed by atoms with E-state index in [0.717, 1.165) is 0 Å². The lowest BCUT2D eigenvalue weighted by Crippen LogP contribution is -2.46. The number of rotatable bonds is 40. The van der Waals surface area contributed by atoms with E-state index in [-0.39, 0.29) is 0 Å².